The molecule has 1 saturated carbocycles. The largest absolute Gasteiger partial charge is 0.388 e. The van der Waals surface area contributed by atoms with Crippen LogP contribution in [0.2, 0.25) is 10.0 Å². The van der Waals surface area contributed by atoms with Crippen LogP contribution in [-0.2, 0) is 0 Å². The van der Waals surface area contributed by atoms with Gasteiger partial charge in [0, 0.05) is 10.6 Å². The second-order valence-electron chi connectivity index (χ2n) is 3.87. The zero-order valence-corrected chi connectivity index (χ0v) is 9.44. The van der Waals surface area contributed by atoms with Gasteiger partial charge in [-0.25, -0.2) is 0 Å². The standard InChI is InChI=1S/C11H12Cl2O/c1-6-2-5-8(12)9(10(6)13)11(14)7-3-4-7/h2,5,7,11,14H,3-4H2,1H3. The Kier molecular flexibility index (Phi) is 2.74. The summed E-state index contributed by atoms with van der Waals surface area (Å²) in [6, 6.07) is 3.66. The summed E-state index contributed by atoms with van der Waals surface area (Å²) in [5.74, 6) is 0.354. The number of hydrogen-bond donors (Lipinski definition) is 1. The first-order valence-corrected chi connectivity index (χ1v) is 5.49. The smallest absolute Gasteiger partial charge is 0.0847 e. The highest BCUT2D eigenvalue weighted by atomic mass is 35.5. The summed E-state index contributed by atoms with van der Waals surface area (Å²) in [4.78, 5) is 0. The van der Waals surface area contributed by atoms with Crippen LogP contribution < -0.4 is 0 Å². The Morgan fingerprint density at radius 1 is 1.36 bits per heavy atom. The fraction of sp³-hybridized carbons (Fsp3) is 0.455. The average Bonchev–Trinajstić information content (AvgIpc) is 2.95. The molecule has 0 aliphatic heterocycles. The second kappa shape index (κ2) is 3.73. The minimum atomic E-state index is -0.491. The van der Waals surface area contributed by atoms with E-state index in [4.69, 9.17) is 23.2 Å². The van der Waals surface area contributed by atoms with Crippen molar-refractivity contribution in [1.82, 2.24) is 0 Å². The van der Waals surface area contributed by atoms with E-state index in [1.807, 2.05) is 13.0 Å². The topological polar surface area (TPSA) is 20.2 Å². The van der Waals surface area contributed by atoms with Crippen LogP contribution in [0.5, 0.6) is 0 Å². The van der Waals surface area contributed by atoms with E-state index < -0.39 is 6.10 Å². The van der Waals surface area contributed by atoms with Gasteiger partial charge in [-0.05, 0) is 37.3 Å². The number of hydrogen-bond acceptors (Lipinski definition) is 1. The van der Waals surface area contributed by atoms with Crippen LogP contribution in [-0.4, -0.2) is 5.11 Å². The van der Waals surface area contributed by atoms with E-state index >= 15 is 0 Å². The quantitative estimate of drug-likeness (QED) is 0.821. The molecule has 3 heteroatoms. The normalized spacial score (nSPS) is 18.3. The first kappa shape index (κ1) is 10.3. The number of aliphatic hydroxyl groups is 1. The number of benzene rings is 1. The van der Waals surface area contributed by atoms with Crippen LogP contribution in [0.3, 0.4) is 0 Å². The molecular formula is C11H12Cl2O. The maximum atomic E-state index is 9.98. The lowest BCUT2D eigenvalue weighted by Crippen LogP contribution is -2.02. The third-order valence-electron chi connectivity index (χ3n) is 2.68. The van der Waals surface area contributed by atoms with E-state index in [-0.39, 0.29) is 0 Å². The SMILES string of the molecule is Cc1ccc(Cl)c(C(O)C2CC2)c1Cl. The molecule has 2 rings (SSSR count). The highest BCUT2D eigenvalue weighted by molar-refractivity contribution is 6.36. The Morgan fingerprint density at radius 2 is 2.00 bits per heavy atom. The molecule has 1 aromatic rings. The number of aryl methyl sites for hydroxylation is 1. The predicted molar refractivity (Wildman–Crippen MR) is 58.9 cm³/mol. The Hall–Kier alpha value is -0.240. The van der Waals surface area contributed by atoms with Gasteiger partial charge in [-0.3, -0.25) is 0 Å². The molecule has 0 aromatic heterocycles. The number of halogens is 2. The summed E-state index contributed by atoms with van der Waals surface area (Å²) in [6.45, 7) is 1.92. The summed E-state index contributed by atoms with van der Waals surface area (Å²) in [5.41, 5.74) is 1.67. The van der Waals surface area contributed by atoms with Gasteiger partial charge in [-0.15, -0.1) is 0 Å². The molecule has 1 N–H and O–H groups in total. The van der Waals surface area contributed by atoms with Gasteiger partial charge in [0.1, 0.15) is 0 Å². The summed E-state index contributed by atoms with van der Waals surface area (Å²) < 4.78 is 0. The van der Waals surface area contributed by atoms with Crippen molar-refractivity contribution in [1.29, 1.82) is 0 Å². The third-order valence-corrected chi connectivity index (χ3v) is 3.52. The Bertz CT molecular complexity index is 359. The van der Waals surface area contributed by atoms with E-state index in [1.165, 1.54) is 0 Å². The molecule has 0 saturated heterocycles. The van der Waals surface area contributed by atoms with Gasteiger partial charge in [-0.2, -0.15) is 0 Å². The van der Waals surface area contributed by atoms with Gasteiger partial charge in [0.2, 0.25) is 0 Å². The van der Waals surface area contributed by atoms with Crippen LogP contribution in [0.25, 0.3) is 0 Å². The van der Waals surface area contributed by atoms with Crippen molar-refractivity contribution >= 4 is 23.2 Å². The van der Waals surface area contributed by atoms with Gasteiger partial charge >= 0.3 is 0 Å². The van der Waals surface area contributed by atoms with Crippen molar-refractivity contribution in [3.05, 3.63) is 33.3 Å². The van der Waals surface area contributed by atoms with Crippen LogP contribution >= 0.6 is 23.2 Å². The second-order valence-corrected chi connectivity index (χ2v) is 4.66. The van der Waals surface area contributed by atoms with Crippen LogP contribution in [0.1, 0.15) is 30.1 Å². The minimum Gasteiger partial charge on any atom is -0.388 e. The maximum absolute atomic E-state index is 9.98. The first-order valence-electron chi connectivity index (χ1n) is 4.74. The lowest BCUT2D eigenvalue weighted by Gasteiger charge is -2.14. The van der Waals surface area contributed by atoms with E-state index in [2.05, 4.69) is 0 Å². The zero-order valence-electron chi connectivity index (χ0n) is 7.93. The fourth-order valence-electron chi connectivity index (χ4n) is 1.60. The molecule has 0 heterocycles. The van der Waals surface area contributed by atoms with E-state index in [1.54, 1.807) is 6.07 Å². The third kappa shape index (κ3) is 1.77. The fourth-order valence-corrected chi connectivity index (χ4v) is 2.19. The minimum absolute atomic E-state index is 0.354. The Morgan fingerprint density at radius 3 is 2.57 bits per heavy atom. The van der Waals surface area contributed by atoms with Crippen molar-refractivity contribution in [3.8, 4) is 0 Å². The van der Waals surface area contributed by atoms with Crippen LogP contribution in [0, 0.1) is 12.8 Å². The highest BCUT2D eigenvalue weighted by Gasteiger charge is 2.33. The van der Waals surface area contributed by atoms with Gasteiger partial charge in [0.15, 0.2) is 0 Å². The Labute approximate surface area is 93.7 Å². The molecule has 0 radical (unpaired) electrons. The van der Waals surface area contributed by atoms with Crippen molar-refractivity contribution < 1.29 is 5.11 Å². The zero-order chi connectivity index (χ0) is 10.3. The average molecular weight is 231 g/mol. The first-order chi connectivity index (χ1) is 6.61. The van der Waals surface area contributed by atoms with E-state index in [9.17, 15) is 5.11 Å². The van der Waals surface area contributed by atoms with Crippen LogP contribution in [0.4, 0.5) is 0 Å². The molecule has 1 fully saturated rings. The van der Waals surface area contributed by atoms with Crippen molar-refractivity contribution in [2.45, 2.75) is 25.9 Å². The van der Waals surface area contributed by atoms with Gasteiger partial charge in [-0.1, -0.05) is 29.3 Å². The molecule has 14 heavy (non-hydrogen) atoms. The molecule has 1 nitrogen and oxygen atoms in total. The van der Waals surface area contributed by atoms with E-state index in [0.717, 1.165) is 18.4 Å². The summed E-state index contributed by atoms with van der Waals surface area (Å²) in [7, 11) is 0. The molecule has 1 aliphatic carbocycles. The molecule has 0 bridgehead atoms. The summed E-state index contributed by atoms with van der Waals surface area (Å²) in [6.07, 6.45) is 1.65. The number of rotatable bonds is 2. The predicted octanol–water partition coefficient (Wildman–Crippen LogP) is 3.75. The lowest BCUT2D eigenvalue weighted by atomic mass is 10.0. The van der Waals surface area contributed by atoms with Gasteiger partial charge in [0.25, 0.3) is 0 Å². The molecular weight excluding hydrogens is 219 g/mol. The molecule has 0 amide bonds. The monoisotopic (exact) mass is 230 g/mol. The molecule has 0 spiro atoms. The molecule has 1 aliphatic rings. The van der Waals surface area contributed by atoms with Gasteiger partial charge in [0.05, 0.1) is 11.1 Å². The summed E-state index contributed by atoms with van der Waals surface area (Å²) in [5, 5.41) is 11.2. The van der Waals surface area contributed by atoms with Crippen LogP contribution in [0.15, 0.2) is 12.1 Å². The van der Waals surface area contributed by atoms with E-state index in [0.29, 0.717) is 21.5 Å². The lowest BCUT2D eigenvalue weighted by molar-refractivity contribution is 0.154. The summed E-state index contributed by atoms with van der Waals surface area (Å²) >= 11 is 12.1. The molecule has 1 unspecified atom stereocenters. The number of aliphatic hydroxyl groups excluding tert-OH is 1. The van der Waals surface area contributed by atoms with Gasteiger partial charge < -0.3 is 5.11 Å². The maximum Gasteiger partial charge on any atom is 0.0847 e. The Balaban J connectivity index is 2.43. The highest BCUT2D eigenvalue weighted by Crippen LogP contribution is 2.45. The van der Waals surface area contributed by atoms with Crippen molar-refractivity contribution in [2.75, 3.05) is 0 Å². The van der Waals surface area contributed by atoms with Crippen molar-refractivity contribution in [3.63, 3.8) is 0 Å². The molecule has 76 valence electrons. The molecule has 1 aromatic carbocycles. The van der Waals surface area contributed by atoms with Crippen molar-refractivity contribution in [2.24, 2.45) is 5.92 Å². The molecule has 1 atom stereocenters.